The average molecular weight is 285 g/mol. The number of amides is 1. The number of hydrazine groups is 1. The molecule has 4 N–H and O–H groups in total. The molecule has 1 aromatic rings. The molecule has 0 saturated heterocycles. The second-order valence-corrected chi connectivity index (χ2v) is 6.38. The zero-order valence-electron chi connectivity index (χ0n) is 11.2. The fourth-order valence-electron chi connectivity index (χ4n) is 1.53. The summed E-state index contributed by atoms with van der Waals surface area (Å²) in [5, 5.41) is 0. The van der Waals surface area contributed by atoms with Gasteiger partial charge in [0.2, 0.25) is 10.0 Å². The first-order valence-electron chi connectivity index (χ1n) is 5.87. The van der Waals surface area contributed by atoms with E-state index in [9.17, 15) is 13.2 Å². The van der Waals surface area contributed by atoms with Gasteiger partial charge in [0.1, 0.15) is 6.04 Å². The van der Waals surface area contributed by atoms with Gasteiger partial charge in [-0.25, -0.2) is 14.3 Å². The predicted octanol–water partition coefficient (Wildman–Crippen LogP) is 0.288. The van der Waals surface area contributed by atoms with Crippen molar-refractivity contribution in [2.24, 2.45) is 11.8 Å². The van der Waals surface area contributed by atoms with Crippen molar-refractivity contribution < 1.29 is 13.2 Å². The van der Waals surface area contributed by atoms with Crippen LogP contribution in [0.1, 0.15) is 19.4 Å². The molecule has 0 aliphatic heterocycles. The summed E-state index contributed by atoms with van der Waals surface area (Å²) in [7, 11) is -3.74. The summed E-state index contributed by atoms with van der Waals surface area (Å²) in [6, 6.07) is 5.48. The van der Waals surface area contributed by atoms with Crippen LogP contribution < -0.4 is 16.0 Å². The van der Waals surface area contributed by atoms with E-state index in [1.165, 1.54) is 12.1 Å². The van der Waals surface area contributed by atoms with Gasteiger partial charge in [0.05, 0.1) is 4.90 Å². The summed E-state index contributed by atoms with van der Waals surface area (Å²) < 4.78 is 26.7. The van der Waals surface area contributed by atoms with Gasteiger partial charge >= 0.3 is 0 Å². The van der Waals surface area contributed by atoms with E-state index in [-0.39, 0.29) is 10.8 Å². The molecule has 1 amide bonds. The molecule has 1 rings (SSSR count). The van der Waals surface area contributed by atoms with E-state index in [1.54, 1.807) is 26.0 Å². The van der Waals surface area contributed by atoms with Gasteiger partial charge in [-0.15, -0.1) is 0 Å². The third-order valence-electron chi connectivity index (χ3n) is 2.70. The van der Waals surface area contributed by atoms with Crippen molar-refractivity contribution in [3.63, 3.8) is 0 Å². The van der Waals surface area contributed by atoms with Crippen LogP contribution in [0.25, 0.3) is 0 Å². The molecule has 19 heavy (non-hydrogen) atoms. The lowest BCUT2D eigenvalue weighted by atomic mass is 10.1. The van der Waals surface area contributed by atoms with Crippen molar-refractivity contribution in [2.75, 3.05) is 0 Å². The molecule has 0 heterocycles. The molecule has 0 saturated carbocycles. The Labute approximate surface area is 113 Å². The van der Waals surface area contributed by atoms with E-state index >= 15 is 0 Å². The SMILES string of the molecule is Cc1ccc(S(=O)(=O)N[C@H](C(=O)NN)C(C)C)cc1. The lowest BCUT2D eigenvalue weighted by Crippen LogP contribution is -2.51. The Balaban J connectivity index is 3.00. The Hall–Kier alpha value is -1.44. The van der Waals surface area contributed by atoms with Crippen molar-refractivity contribution >= 4 is 15.9 Å². The minimum absolute atomic E-state index is 0.119. The van der Waals surface area contributed by atoms with Gasteiger partial charge in [0.25, 0.3) is 5.91 Å². The van der Waals surface area contributed by atoms with Crippen LogP contribution in [0, 0.1) is 12.8 Å². The fraction of sp³-hybridized carbons (Fsp3) is 0.417. The summed E-state index contributed by atoms with van der Waals surface area (Å²) in [6.45, 7) is 5.33. The molecule has 0 aliphatic carbocycles. The zero-order chi connectivity index (χ0) is 14.6. The van der Waals surface area contributed by atoms with Gasteiger partial charge < -0.3 is 0 Å². The van der Waals surface area contributed by atoms with Crippen LogP contribution in [0.15, 0.2) is 29.2 Å². The Morgan fingerprint density at radius 1 is 1.21 bits per heavy atom. The number of hydrogen-bond donors (Lipinski definition) is 3. The predicted molar refractivity (Wildman–Crippen MR) is 72.5 cm³/mol. The molecule has 0 unspecified atom stereocenters. The van der Waals surface area contributed by atoms with Gasteiger partial charge in [-0.05, 0) is 25.0 Å². The maximum atomic E-state index is 12.1. The van der Waals surface area contributed by atoms with E-state index in [0.717, 1.165) is 5.56 Å². The summed E-state index contributed by atoms with van der Waals surface area (Å²) in [6.07, 6.45) is 0. The first-order chi connectivity index (χ1) is 8.77. The number of carbonyl (C=O) groups is 1. The molecular formula is C12H19N3O3S. The molecule has 0 fully saturated rings. The molecule has 0 spiro atoms. The normalized spacial score (nSPS) is 13.3. The number of hydrogen-bond acceptors (Lipinski definition) is 4. The second kappa shape index (κ2) is 6.14. The Morgan fingerprint density at radius 2 is 1.74 bits per heavy atom. The van der Waals surface area contributed by atoms with Crippen LogP contribution >= 0.6 is 0 Å². The average Bonchev–Trinajstić information content (AvgIpc) is 2.35. The Morgan fingerprint density at radius 3 is 2.16 bits per heavy atom. The molecule has 0 bridgehead atoms. The van der Waals surface area contributed by atoms with Crippen LogP contribution in [-0.4, -0.2) is 20.4 Å². The van der Waals surface area contributed by atoms with Gasteiger partial charge in [-0.3, -0.25) is 10.2 Å². The van der Waals surface area contributed by atoms with E-state index in [4.69, 9.17) is 5.84 Å². The standard InChI is InChI=1S/C12H19N3O3S/c1-8(2)11(12(16)14-13)15-19(17,18)10-6-4-9(3)5-7-10/h4-8,11,15H,13H2,1-3H3,(H,14,16)/t11-/m0/s1. The maximum absolute atomic E-state index is 12.1. The minimum atomic E-state index is -3.74. The lowest BCUT2D eigenvalue weighted by Gasteiger charge is -2.20. The van der Waals surface area contributed by atoms with Gasteiger partial charge in [-0.2, -0.15) is 4.72 Å². The van der Waals surface area contributed by atoms with Gasteiger partial charge in [-0.1, -0.05) is 31.5 Å². The molecule has 1 aromatic carbocycles. The number of nitrogens with two attached hydrogens (primary N) is 1. The third kappa shape index (κ3) is 4.02. The fourth-order valence-corrected chi connectivity index (χ4v) is 2.88. The number of sulfonamides is 1. The third-order valence-corrected chi connectivity index (χ3v) is 4.16. The first kappa shape index (κ1) is 15.6. The highest BCUT2D eigenvalue weighted by Gasteiger charge is 2.27. The highest BCUT2D eigenvalue weighted by Crippen LogP contribution is 2.12. The Kier molecular flexibility index (Phi) is 5.04. The molecule has 0 aromatic heterocycles. The number of aryl methyl sites for hydroxylation is 1. The van der Waals surface area contributed by atoms with Crippen molar-refractivity contribution in [2.45, 2.75) is 31.7 Å². The molecule has 0 aliphatic rings. The van der Waals surface area contributed by atoms with Crippen LogP contribution in [0.2, 0.25) is 0 Å². The first-order valence-corrected chi connectivity index (χ1v) is 7.35. The number of carbonyl (C=O) groups excluding carboxylic acids is 1. The van der Waals surface area contributed by atoms with Crippen molar-refractivity contribution in [3.8, 4) is 0 Å². The van der Waals surface area contributed by atoms with Crippen molar-refractivity contribution in [1.82, 2.24) is 10.1 Å². The molecule has 1 atom stereocenters. The number of benzene rings is 1. The van der Waals surface area contributed by atoms with E-state index in [0.29, 0.717) is 0 Å². The highest BCUT2D eigenvalue weighted by molar-refractivity contribution is 7.89. The van der Waals surface area contributed by atoms with Crippen molar-refractivity contribution in [3.05, 3.63) is 29.8 Å². The van der Waals surface area contributed by atoms with Gasteiger partial charge in [0.15, 0.2) is 0 Å². The van der Waals surface area contributed by atoms with Crippen LogP contribution in [-0.2, 0) is 14.8 Å². The number of rotatable bonds is 5. The van der Waals surface area contributed by atoms with Crippen LogP contribution in [0.4, 0.5) is 0 Å². The van der Waals surface area contributed by atoms with Crippen LogP contribution in [0.3, 0.4) is 0 Å². The summed E-state index contributed by atoms with van der Waals surface area (Å²) >= 11 is 0. The topological polar surface area (TPSA) is 101 Å². The summed E-state index contributed by atoms with van der Waals surface area (Å²) in [5.41, 5.74) is 2.92. The zero-order valence-corrected chi connectivity index (χ0v) is 12.0. The van der Waals surface area contributed by atoms with E-state index in [1.807, 2.05) is 12.3 Å². The quantitative estimate of drug-likeness (QED) is 0.411. The highest BCUT2D eigenvalue weighted by atomic mass is 32.2. The molecule has 7 heteroatoms. The van der Waals surface area contributed by atoms with E-state index < -0.39 is 22.0 Å². The van der Waals surface area contributed by atoms with E-state index in [2.05, 4.69) is 4.72 Å². The van der Waals surface area contributed by atoms with Crippen LogP contribution in [0.5, 0.6) is 0 Å². The summed E-state index contributed by atoms with van der Waals surface area (Å²) in [4.78, 5) is 11.7. The smallest absolute Gasteiger partial charge is 0.252 e. The monoisotopic (exact) mass is 285 g/mol. The summed E-state index contributed by atoms with van der Waals surface area (Å²) in [5.74, 6) is 4.27. The minimum Gasteiger partial charge on any atom is -0.293 e. The molecule has 6 nitrogen and oxygen atoms in total. The molecular weight excluding hydrogens is 266 g/mol. The lowest BCUT2D eigenvalue weighted by molar-refractivity contribution is -0.123. The number of nitrogens with one attached hydrogen (secondary N) is 2. The van der Waals surface area contributed by atoms with Crippen molar-refractivity contribution in [1.29, 1.82) is 0 Å². The Bertz CT molecular complexity index is 538. The molecule has 106 valence electrons. The van der Waals surface area contributed by atoms with Gasteiger partial charge in [0, 0.05) is 0 Å². The maximum Gasteiger partial charge on any atom is 0.252 e. The largest absolute Gasteiger partial charge is 0.293 e. The second-order valence-electron chi connectivity index (χ2n) is 4.66. The molecule has 0 radical (unpaired) electrons.